The zero-order chi connectivity index (χ0) is 13.0. The van der Waals surface area contributed by atoms with Crippen LogP contribution in [0.2, 0.25) is 0 Å². The summed E-state index contributed by atoms with van der Waals surface area (Å²) in [5.74, 6) is 0.655. The van der Waals surface area contributed by atoms with E-state index in [4.69, 9.17) is 5.73 Å². The fourth-order valence-electron chi connectivity index (χ4n) is 3.14. The molecule has 3 heteroatoms. The van der Waals surface area contributed by atoms with E-state index in [2.05, 4.69) is 29.9 Å². The SMILES string of the molecule is CC(c1cccnc1)N(C)C1CCCCC1CN. The van der Waals surface area contributed by atoms with Gasteiger partial charge in [0.25, 0.3) is 0 Å². The molecule has 1 aromatic rings. The molecule has 2 rings (SSSR count). The summed E-state index contributed by atoms with van der Waals surface area (Å²) in [7, 11) is 2.23. The predicted octanol–water partition coefficient (Wildman–Crippen LogP) is 2.59. The normalized spacial score (nSPS) is 26.2. The molecule has 1 heterocycles. The molecule has 0 amide bonds. The van der Waals surface area contributed by atoms with E-state index in [0.717, 1.165) is 6.54 Å². The molecular weight excluding hydrogens is 222 g/mol. The van der Waals surface area contributed by atoms with Crippen molar-refractivity contribution in [1.82, 2.24) is 9.88 Å². The smallest absolute Gasteiger partial charge is 0.0335 e. The monoisotopic (exact) mass is 247 g/mol. The lowest BCUT2D eigenvalue weighted by molar-refractivity contribution is 0.0988. The van der Waals surface area contributed by atoms with E-state index in [9.17, 15) is 0 Å². The van der Waals surface area contributed by atoms with Crippen LogP contribution in [0.3, 0.4) is 0 Å². The number of hydrogen-bond acceptors (Lipinski definition) is 3. The molecule has 18 heavy (non-hydrogen) atoms. The molecule has 3 atom stereocenters. The summed E-state index contributed by atoms with van der Waals surface area (Å²) < 4.78 is 0. The number of pyridine rings is 1. The Bertz CT molecular complexity index is 352. The molecule has 0 aliphatic heterocycles. The Kier molecular flexibility index (Phi) is 4.72. The van der Waals surface area contributed by atoms with E-state index in [1.165, 1.54) is 31.2 Å². The van der Waals surface area contributed by atoms with Crippen LogP contribution in [0.1, 0.15) is 44.2 Å². The minimum absolute atomic E-state index is 0.413. The van der Waals surface area contributed by atoms with Crippen LogP contribution in [-0.2, 0) is 0 Å². The standard InChI is InChI=1S/C15H25N3/c1-12(14-7-5-9-17-11-14)18(2)15-8-4-3-6-13(15)10-16/h5,7,9,11-13,15H,3-4,6,8,10,16H2,1-2H3. The third-order valence-electron chi connectivity index (χ3n) is 4.47. The van der Waals surface area contributed by atoms with E-state index in [1.54, 1.807) is 0 Å². The quantitative estimate of drug-likeness (QED) is 0.889. The average molecular weight is 247 g/mol. The van der Waals surface area contributed by atoms with E-state index in [1.807, 2.05) is 18.5 Å². The summed E-state index contributed by atoms with van der Waals surface area (Å²) in [6.07, 6.45) is 9.05. The van der Waals surface area contributed by atoms with Crippen LogP contribution in [0.15, 0.2) is 24.5 Å². The number of hydrogen-bond donors (Lipinski definition) is 1. The second-order valence-corrected chi connectivity index (χ2v) is 5.48. The molecule has 0 aromatic carbocycles. The molecule has 0 spiro atoms. The lowest BCUT2D eigenvalue weighted by atomic mass is 9.83. The molecule has 2 N–H and O–H groups in total. The van der Waals surface area contributed by atoms with Crippen LogP contribution in [0.5, 0.6) is 0 Å². The average Bonchev–Trinajstić information content (AvgIpc) is 2.46. The van der Waals surface area contributed by atoms with Gasteiger partial charge in [-0.15, -0.1) is 0 Å². The van der Waals surface area contributed by atoms with Gasteiger partial charge < -0.3 is 5.73 Å². The largest absolute Gasteiger partial charge is 0.330 e. The zero-order valence-corrected chi connectivity index (χ0v) is 11.5. The number of rotatable bonds is 4. The highest BCUT2D eigenvalue weighted by Crippen LogP contribution is 2.31. The van der Waals surface area contributed by atoms with E-state index >= 15 is 0 Å². The Hall–Kier alpha value is -0.930. The van der Waals surface area contributed by atoms with Crippen LogP contribution in [0.25, 0.3) is 0 Å². The topological polar surface area (TPSA) is 42.2 Å². The summed E-state index contributed by atoms with van der Waals surface area (Å²) in [5, 5.41) is 0. The van der Waals surface area contributed by atoms with Gasteiger partial charge in [-0.1, -0.05) is 18.9 Å². The molecular formula is C15H25N3. The minimum Gasteiger partial charge on any atom is -0.330 e. The van der Waals surface area contributed by atoms with Crippen molar-refractivity contribution in [2.75, 3.05) is 13.6 Å². The van der Waals surface area contributed by atoms with Crippen LogP contribution in [0, 0.1) is 5.92 Å². The predicted molar refractivity (Wildman–Crippen MR) is 75.2 cm³/mol. The fraction of sp³-hybridized carbons (Fsp3) is 0.667. The third-order valence-corrected chi connectivity index (χ3v) is 4.47. The molecule has 0 radical (unpaired) electrons. The third kappa shape index (κ3) is 2.90. The van der Waals surface area contributed by atoms with Crippen molar-refractivity contribution in [2.45, 2.75) is 44.7 Å². The van der Waals surface area contributed by atoms with Gasteiger partial charge >= 0.3 is 0 Å². The minimum atomic E-state index is 0.413. The summed E-state index contributed by atoms with van der Waals surface area (Å²) in [4.78, 5) is 6.71. The van der Waals surface area contributed by atoms with Gasteiger partial charge in [-0.05, 0) is 50.9 Å². The van der Waals surface area contributed by atoms with Crippen LogP contribution in [-0.4, -0.2) is 29.5 Å². The molecule has 1 fully saturated rings. The fourth-order valence-corrected chi connectivity index (χ4v) is 3.14. The van der Waals surface area contributed by atoms with E-state index < -0.39 is 0 Å². The number of nitrogens with two attached hydrogens (primary N) is 1. The first-order valence-electron chi connectivity index (χ1n) is 7.06. The highest BCUT2D eigenvalue weighted by molar-refractivity contribution is 5.13. The van der Waals surface area contributed by atoms with Gasteiger partial charge in [0.15, 0.2) is 0 Å². The summed E-state index contributed by atoms with van der Waals surface area (Å²) in [5.41, 5.74) is 7.22. The highest BCUT2D eigenvalue weighted by atomic mass is 15.2. The van der Waals surface area contributed by atoms with Crippen molar-refractivity contribution in [2.24, 2.45) is 11.7 Å². The van der Waals surface area contributed by atoms with Gasteiger partial charge in [0, 0.05) is 24.5 Å². The maximum absolute atomic E-state index is 5.93. The van der Waals surface area contributed by atoms with Crippen LogP contribution < -0.4 is 5.73 Å². The van der Waals surface area contributed by atoms with Crippen molar-refractivity contribution in [3.63, 3.8) is 0 Å². The van der Waals surface area contributed by atoms with Gasteiger partial charge in [0.05, 0.1) is 0 Å². The maximum Gasteiger partial charge on any atom is 0.0335 e. The highest BCUT2D eigenvalue weighted by Gasteiger charge is 2.29. The molecule has 1 saturated carbocycles. The molecule has 3 nitrogen and oxygen atoms in total. The van der Waals surface area contributed by atoms with Crippen molar-refractivity contribution in [1.29, 1.82) is 0 Å². The Balaban J connectivity index is 2.07. The molecule has 0 saturated heterocycles. The van der Waals surface area contributed by atoms with Gasteiger partial charge in [-0.25, -0.2) is 0 Å². The zero-order valence-electron chi connectivity index (χ0n) is 11.5. The van der Waals surface area contributed by atoms with E-state index in [0.29, 0.717) is 18.0 Å². The van der Waals surface area contributed by atoms with Crippen LogP contribution in [0.4, 0.5) is 0 Å². The first-order valence-corrected chi connectivity index (χ1v) is 7.06. The lowest BCUT2D eigenvalue weighted by Crippen LogP contribution is -2.44. The van der Waals surface area contributed by atoms with E-state index in [-0.39, 0.29) is 0 Å². The summed E-state index contributed by atoms with van der Waals surface area (Å²) >= 11 is 0. The van der Waals surface area contributed by atoms with Crippen molar-refractivity contribution < 1.29 is 0 Å². The molecule has 100 valence electrons. The first kappa shape index (κ1) is 13.5. The second-order valence-electron chi connectivity index (χ2n) is 5.48. The first-order chi connectivity index (χ1) is 8.74. The molecule has 0 bridgehead atoms. The number of aromatic nitrogens is 1. The summed E-state index contributed by atoms with van der Waals surface area (Å²) in [6.45, 7) is 3.08. The maximum atomic E-state index is 5.93. The Morgan fingerprint density at radius 2 is 2.22 bits per heavy atom. The lowest BCUT2D eigenvalue weighted by Gasteiger charge is -2.40. The Labute approximate surface area is 110 Å². The Morgan fingerprint density at radius 1 is 1.44 bits per heavy atom. The molecule has 3 unspecified atom stereocenters. The van der Waals surface area contributed by atoms with Crippen LogP contribution >= 0.6 is 0 Å². The van der Waals surface area contributed by atoms with Gasteiger partial charge in [0.2, 0.25) is 0 Å². The molecule has 1 aromatic heterocycles. The Morgan fingerprint density at radius 3 is 2.89 bits per heavy atom. The number of nitrogens with zero attached hydrogens (tertiary/aromatic N) is 2. The summed E-state index contributed by atoms with van der Waals surface area (Å²) in [6, 6.07) is 5.21. The molecule has 1 aliphatic rings. The molecule has 1 aliphatic carbocycles. The van der Waals surface area contributed by atoms with Crippen molar-refractivity contribution in [3.05, 3.63) is 30.1 Å². The van der Waals surface area contributed by atoms with Crippen molar-refractivity contribution in [3.8, 4) is 0 Å². The van der Waals surface area contributed by atoms with Gasteiger partial charge in [0.1, 0.15) is 0 Å². The van der Waals surface area contributed by atoms with Gasteiger partial charge in [-0.2, -0.15) is 0 Å². The van der Waals surface area contributed by atoms with Gasteiger partial charge in [-0.3, -0.25) is 9.88 Å². The van der Waals surface area contributed by atoms with Crippen molar-refractivity contribution >= 4 is 0 Å². The second kappa shape index (κ2) is 6.30.